The van der Waals surface area contributed by atoms with E-state index in [4.69, 9.17) is 21.1 Å². The predicted molar refractivity (Wildman–Crippen MR) is 87.3 cm³/mol. The van der Waals surface area contributed by atoms with E-state index in [1.54, 1.807) is 7.11 Å². The van der Waals surface area contributed by atoms with Crippen molar-refractivity contribution in [3.05, 3.63) is 28.8 Å². The van der Waals surface area contributed by atoms with Gasteiger partial charge in [-0.2, -0.15) is 0 Å². The Kier molecular flexibility index (Phi) is 6.77. The van der Waals surface area contributed by atoms with Crippen LogP contribution in [0.5, 0.6) is 0 Å². The van der Waals surface area contributed by atoms with Gasteiger partial charge in [0.25, 0.3) is 0 Å². The number of nitrogens with zero attached hydrogens (tertiary/aromatic N) is 1. The topological polar surface area (TPSA) is 33.7 Å². The number of halogens is 1. The molecule has 1 saturated heterocycles. The lowest BCUT2D eigenvalue weighted by molar-refractivity contribution is 0.116. The summed E-state index contributed by atoms with van der Waals surface area (Å²) in [5, 5.41) is 4.11. The number of nitrogens with one attached hydrogen (secondary N) is 1. The number of likely N-dealkylation sites (N-methyl/N-ethyl adjacent to an activating group) is 1. The molecule has 1 aliphatic heterocycles. The summed E-state index contributed by atoms with van der Waals surface area (Å²) in [6.07, 6.45) is 2.64. The molecule has 1 unspecified atom stereocenters. The van der Waals surface area contributed by atoms with E-state index >= 15 is 0 Å². The Hall–Kier alpha value is -0.810. The van der Waals surface area contributed by atoms with Crippen LogP contribution >= 0.6 is 11.6 Å². The largest absolute Gasteiger partial charge is 0.383 e. The second kappa shape index (κ2) is 8.59. The van der Waals surface area contributed by atoms with Crippen molar-refractivity contribution in [3.8, 4) is 0 Å². The molecule has 0 amide bonds. The number of hydrogen-bond donors (Lipinski definition) is 1. The van der Waals surface area contributed by atoms with E-state index in [-0.39, 0.29) is 0 Å². The van der Waals surface area contributed by atoms with Crippen LogP contribution in [-0.4, -0.2) is 46.6 Å². The summed E-state index contributed by atoms with van der Waals surface area (Å²) >= 11 is 6.41. The van der Waals surface area contributed by atoms with Gasteiger partial charge in [-0.1, -0.05) is 17.7 Å². The minimum absolute atomic E-state index is 0.335. The summed E-state index contributed by atoms with van der Waals surface area (Å²) in [6.45, 7) is 4.15. The number of benzene rings is 1. The molecule has 4 nitrogen and oxygen atoms in total. The van der Waals surface area contributed by atoms with E-state index in [2.05, 4.69) is 29.4 Å². The average molecular weight is 313 g/mol. The zero-order chi connectivity index (χ0) is 15.1. The van der Waals surface area contributed by atoms with Crippen molar-refractivity contribution in [2.45, 2.75) is 25.5 Å². The highest BCUT2D eigenvalue weighted by Crippen LogP contribution is 2.27. The third kappa shape index (κ3) is 5.15. The van der Waals surface area contributed by atoms with E-state index in [1.807, 2.05) is 6.07 Å². The van der Waals surface area contributed by atoms with Gasteiger partial charge in [-0.3, -0.25) is 0 Å². The van der Waals surface area contributed by atoms with Gasteiger partial charge in [0.15, 0.2) is 0 Å². The molecule has 0 radical (unpaired) electrons. The molecule has 0 aromatic heterocycles. The van der Waals surface area contributed by atoms with Crippen molar-refractivity contribution in [2.75, 3.05) is 45.4 Å². The fourth-order valence-corrected chi connectivity index (χ4v) is 2.92. The first-order valence-corrected chi connectivity index (χ1v) is 7.89. The standard InChI is InChI=1S/C16H25ClN2O2/c1-19(12-14-4-3-8-21-14)16-6-5-13(10-15(16)17)11-18-7-9-20-2/h5-6,10,14,18H,3-4,7-9,11-12H2,1-2H3. The second-order valence-corrected chi connectivity index (χ2v) is 5.88. The second-order valence-electron chi connectivity index (χ2n) is 5.47. The molecule has 118 valence electrons. The van der Waals surface area contributed by atoms with Crippen LogP contribution in [0.25, 0.3) is 0 Å². The van der Waals surface area contributed by atoms with Crippen molar-refractivity contribution in [3.63, 3.8) is 0 Å². The number of anilines is 1. The smallest absolute Gasteiger partial charge is 0.0750 e. The Bertz CT molecular complexity index is 436. The van der Waals surface area contributed by atoms with Gasteiger partial charge in [0.05, 0.1) is 23.4 Å². The Morgan fingerprint density at radius 1 is 1.48 bits per heavy atom. The molecule has 0 bridgehead atoms. The van der Waals surface area contributed by atoms with Crippen molar-refractivity contribution in [1.29, 1.82) is 0 Å². The van der Waals surface area contributed by atoms with Crippen LogP contribution in [0.1, 0.15) is 18.4 Å². The molecule has 1 aliphatic rings. The monoisotopic (exact) mass is 312 g/mol. The number of rotatable bonds is 8. The van der Waals surface area contributed by atoms with Gasteiger partial charge in [0.1, 0.15) is 0 Å². The highest BCUT2D eigenvalue weighted by Gasteiger charge is 2.18. The van der Waals surface area contributed by atoms with Crippen molar-refractivity contribution in [1.82, 2.24) is 5.32 Å². The van der Waals surface area contributed by atoms with E-state index in [9.17, 15) is 0 Å². The van der Waals surface area contributed by atoms with E-state index in [0.717, 1.165) is 50.0 Å². The molecule has 5 heteroatoms. The predicted octanol–water partition coefficient (Wildman–Crippen LogP) is 2.69. The molecule has 1 fully saturated rings. The van der Waals surface area contributed by atoms with Crippen LogP contribution in [0.2, 0.25) is 5.02 Å². The molecular weight excluding hydrogens is 288 g/mol. The third-order valence-corrected chi connectivity index (χ3v) is 4.04. The molecule has 1 heterocycles. The maximum atomic E-state index is 6.41. The highest BCUT2D eigenvalue weighted by atomic mass is 35.5. The molecule has 0 spiro atoms. The van der Waals surface area contributed by atoms with Crippen molar-refractivity contribution >= 4 is 17.3 Å². The molecular formula is C16H25ClN2O2. The summed E-state index contributed by atoms with van der Waals surface area (Å²) in [6, 6.07) is 6.24. The SMILES string of the molecule is COCCNCc1ccc(N(C)CC2CCCO2)c(Cl)c1. The Morgan fingerprint density at radius 3 is 3.00 bits per heavy atom. The van der Waals surface area contributed by atoms with Crippen LogP contribution in [0.4, 0.5) is 5.69 Å². The zero-order valence-corrected chi connectivity index (χ0v) is 13.7. The van der Waals surface area contributed by atoms with Gasteiger partial charge in [-0.15, -0.1) is 0 Å². The summed E-state index contributed by atoms with van der Waals surface area (Å²) in [4.78, 5) is 2.18. The van der Waals surface area contributed by atoms with Gasteiger partial charge >= 0.3 is 0 Å². The maximum absolute atomic E-state index is 6.41. The molecule has 0 aliphatic carbocycles. The van der Waals surface area contributed by atoms with Crippen LogP contribution in [0, 0.1) is 0 Å². The first-order chi connectivity index (χ1) is 10.2. The van der Waals surface area contributed by atoms with E-state index in [0.29, 0.717) is 6.10 Å². The van der Waals surface area contributed by atoms with Crippen LogP contribution in [0.3, 0.4) is 0 Å². The van der Waals surface area contributed by atoms with Crippen LogP contribution in [0.15, 0.2) is 18.2 Å². The van der Waals surface area contributed by atoms with E-state index < -0.39 is 0 Å². The summed E-state index contributed by atoms with van der Waals surface area (Å²) in [5.74, 6) is 0. The van der Waals surface area contributed by atoms with Gasteiger partial charge in [-0.25, -0.2) is 0 Å². The van der Waals surface area contributed by atoms with Gasteiger partial charge in [0.2, 0.25) is 0 Å². The first kappa shape index (κ1) is 16.6. The van der Waals surface area contributed by atoms with Gasteiger partial charge in [0, 0.05) is 40.4 Å². The van der Waals surface area contributed by atoms with Gasteiger partial charge in [-0.05, 0) is 30.5 Å². The van der Waals surface area contributed by atoms with Crippen LogP contribution in [-0.2, 0) is 16.0 Å². The Labute approximate surface area is 132 Å². The molecule has 1 aromatic rings. The average Bonchev–Trinajstić information content (AvgIpc) is 2.96. The molecule has 0 saturated carbocycles. The summed E-state index contributed by atoms with van der Waals surface area (Å²) < 4.78 is 10.7. The molecule has 2 rings (SSSR count). The lowest BCUT2D eigenvalue weighted by Gasteiger charge is -2.24. The maximum Gasteiger partial charge on any atom is 0.0750 e. The zero-order valence-electron chi connectivity index (χ0n) is 12.9. The minimum Gasteiger partial charge on any atom is -0.383 e. The number of hydrogen-bond acceptors (Lipinski definition) is 4. The number of ether oxygens (including phenoxy) is 2. The first-order valence-electron chi connectivity index (χ1n) is 7.51. The molecule has 21 heavy (non-hydrogen) atoms. The van der Waals surface area contributed by atoms with E-state index in [1.165, 1.54) is 12.0 Å². The highest BCUT2D eigenvalue weighted by molar-refractivity contribution is 6.33. The minimum atomic E-state index is 0.335. The van der Waals surface area contributed by atoms with Crippen molar-refractivity contribution < 1.29 is 9.47 Å². The quantitative estimate of drug-likeness (QED) is 0.748. The summed E-state index contributed by atoms with van der Waals surface area (Å²) in [7, 11) is 3.77. The fourth-order valence-electron chi connectivity index (χ4n) is 2.57. The van der Waals surface area contributed by atoms with Crippen molar-refractivity contribution in [2.24, 2.45) is 0 Å². The summed E-state index contributed by atoms with van der Waals surface area (Å²) in [5.41, 5.74) is 2.25. The van der Waals surface area contributed by atoms with Crippen LogP contribution < -0.4 is 10.2 Å². The molecule has 1 N–H and O–H groups in total. The normalized spacial score (nSPS) is 18.1. The molecule has 1 atom stereocenters. The van der Waals surface area contributed by atoms with Gasteiger partial charge < -0.3 is 19.7 Å². The molecule has 1 aromatic carbocycles. The Balaban J connectivity index is 1.88. The fraction of sp³-hybridized carbons (Fsp3) is 0.625. The Morgan fingerprint density at radius 2 is 2.33 bits per heavy atom. The third-order valence-electron chi connectivity index (χ3n) is 3.74. The lowest BCUT2D eigenvalue weighted by Crippen LogP contribution is -2.28. The number of methoxy groups -OCH3 is 1. The lowest BCUT2D eigenvalue weighted by atomic mass is 10.1.